The van der Waals surface area contributed by atoms with Gasteiger partial charge in [-0.2, -0.15) is 5.10 Å². The van der Waals surface area contributed by atoms with Crippen LogP contribution in [0, 0.1) is 20.8 Å². The van der Waals surface area contributed by atoms with Crippen LogP contribution in [0.15, 0.2) is 93.3 Å². The lowest BCUT2D eigenvalue weighted by Crippen LogP contribution is -2.39. The highest BCUT2D eigenvalue weighted by Gasteiger charge is 2.27. The molecule has 4 aromatic rings. The second kappa shape index (κ2) is 12.6. The maximum absolute atomic E-state index is 13.6. The first-order valence-electron chi connectivity index (χ1n) is 12.9. The van der Waals surface area contributed by atoms with E-state index in [0.717, 1.165) is 26.6 Å². The number of esters is 1. The lowest BCUT2D eigenvalue weighted by molar-refractivity contribution is -0.119. The second-order valence-electron chi connectivity index (χ2n) is 9.39. The first kappa shape index (κ1) is 29.3. The van der Waals surface area contributed by atoms with E-state index in [1.165, 1.54) is 18.3 Å². The summed E-state index contributed by atoms with van der Waals surface area (Å²) in [5.41, 5.74) is 6.76. The highest BCUT2D eigenvalue weighted by molar-refractivity contribution is 7.92. The van der Waals surface area contributed by atoms with Gasteiger partial charge in [-0.05, 0) is 87.4 Å². The third-order valence-corrected chi connectivity index (χ3v) is 8.15. The second-order valence-corrected chi connectivity index (χ2v) is 11.2. The Kier molecular flexibility index (Phi) is 9.04. The predicted octanol–water partition coefficient (Wildman–Crippen LogP) is 5.39. The van der Waals surface area contributed by atoms with Crippen molar-refractivity contribution in [2.75, 3.05) is 17.5 Å². The van der Waals surface area contributed by atoms with E-state index in [0.29, 0.717) is 29.4 Å². The fourth-order valence-electron chi connectivity index (χ4n) is 3.93. The summed E-state index contributed by atoms with van der Waals surface area (Å²) in [4.78, 5) is 24.8. The van der Waals surface area contributed by atoms with Crippen LogP contribution in [0.25, 0.3) is 11.3 Å². The summed E-state index contributed by atoms with van der Waals surface area (Å²) in [5, 5.41) is 3.95. The van der Waals surface area contributed by atoms with Crippen LogP contribution in [0.3, 0.4) is 0 Å². The van der Waals surface area contributed by atoms with Crippen molar-refractivity contribution in [1.82, 2.24) is 5.43 Å². The number of hydrogen-bond acceptors (Lipinski definition) is 7. The van der Waals surface area contributed by atoms with E-state index < -0.39 is 28.4 Å². The van der Waals surface area contributed by atoms with Crippen LogP contribution in [-0.4, -0.2) is 39.7 Å². The zero-order valence-electron chi connectivity index (χ0n) is 23.2. The lowest BCUT2D eigenvalue weighted by atomic mass is 10.1. The largest absolute Gasteiger partial charge is 0.462 e. The van der Waals surface area contributed by atoms with Gasteiger partial charge in [-0.25, -0.2) is 18.6 Å². The first-order chi connectivity index (χ1) is 19.6. The third kappa shape index (κ3) is 7.09. The van der Waals surface area contributed by atoms with Crippen molar-refractivity contribution >= 4 is 33.8 Å². The van der Waals surface area contributed by atoms with Gasteiger partial charge in [0.1, 0.15) is 18.1 Å². The molecule has 41 heavy (non-hydrogen) atoms. The summed E-state index contributed by atoms with van der Waals surface area (Å²) in [7, 11) is -4.04. The summed E-state index contributed by atoms with van der Waals surface area (Å²) in [6.45, 7) is 7.24. The van der Waals surface area contributed by atoms with E-state index in [9.17, 15) is 18.0 Å². The molecule has 10 heteroatoms. The number of sulfonamides is 1. The maximum Gasteiger partial charge on any atom is 0.338 e. The minimum absolute atomic E-state index is 0.0797. The van der Waals surface area contributed by atoms with Gasteiger partial charge in [0.05, 0.1) is 29.0 Å². The van der Waals surface area contributed by atoms with Crippen LogP contribution in [0.5, 0.6) is 0 Å². The number of hydrazone groups is 1. The molecule has 0 fully saturated rings. The van der Waals surface area contributed by atoms with E-state index in [1.54, 1.807) is 67.6 Å². The highest BCUT2D eigenvalue weighted by atomic mass is 32.2. The Morgan fingerprint density at radius 1 is 0.927 bits per heavy atom. The SMILES string of the molecule is CCOC(=O)c1ccc(-c2ccc(/C=N\NC(=O)CN(c3ccc(C)c(C)c3)S(=O)(=O)c3ccc(C)cc3)o2)cc1. The number of carbonyl (C=O) groups is 2. The monoisotopic (exact) mass is 573 g/mol. The fourth-order valence-corrected chi connectivity index (χ4v) is 5.34. The number of ether oxygens (including phenoxy) is 1. The summed E-state index contributed by atoms with van der Waals surface area (Å²) in [5.74, 6) is -0.118. The molecule has 0 saturated heterocycles. The summed E-state index contributed by atoms with van der Waals surface area (Å²) < 4.78 is 39.0. The van der Waals surface area contributed by atoms with Gasteiger partial charge in [0.2, 0.25) is 0 Å². The molecule has 1 aromatic heterocycles. The molecule has 9 nitrogen and oxygen atoms in total. The third-order valence-electron chi connectivity index (χ3n) is 6.36. The molecule has 4 rings (SSSR count). The quantitative estimate of drug-likeness (QED) is 0.154. The van der Waals surface area contributed by atoms with Crippen molar-refractivity contribution in [3.05, 3.63) is 107 Å². The minimum atomic E-state index is -4.04. The Balaban J connectivity index is 1.47. The topological polar surface area (TPSA) is 118 Å². The average Bonchev–Trinajstić information content (AvgIpc) is 3.42. The van der Waals surface area contributed by atoms with Crippen LogP contribution < -0.4 is 9.73 Å². The van der Waals surface area contributed by atoms with E-state index in [4.69, 9.17) is 9.15 Å². The molecule has 3 aromatic carbocycles. The van der Waals surface area contributed by atoms with Crippen molar-refractivity contribution in [2.24, 2.45) is 5.10 Å². The number of rotatable bonds is 10. The zero-order valence-corrected chi connectivity index (χ0v) is 24.1. The van der Waals surface area contributed by atoms with Gasteiger partial charge in [-0.1, -0.05) is 35.9 Å². The fraction of sp³-hybridized carbons (Fsp3) is 0.194. The highest BCUT2D eigenvalue weighted by Crippen LogP contribution is 2.26. The number of nitrogens with one attached hydrogen (secondary N) is 1. The van der Waals surface area contributed by atoms with Crippen LogP contribution in [0.2, 0.25) is 0 Å². The number of anilines is 1. The molecule has 0 spiro atoms. The van der Waals surface area contributed by atoms with Crippen molar-refractivity contribution < 1.29 is 27.2 Å². The average molecular weight is 574 g/mol. The van der Waals surface area contributed by atoms with Gasteiger partial charge < -0.3 is 9.15 Å². The van der Waals surface area contributed by atoms with Gasteiger partial charge in [-0.15, -0.1) is 0 Å². The van der Waals surface area contributed by atoms with Gasteiger partial charge in [0.15, 0.2) is 0 Å². The van der Waals surface area contributed by atoms with Gasteiger partial charge >= 0.3 is 5.97 Å². The molecule has 0 bridgehead atoms. The Morgan fingerprint density at radius 2 is 1.63 bits per heavy atom. The maximum atomic E-state index is 13.6. The molecule has 0 radical (unpaired) electrons. The van der Waals surface area contributed by atoms with Crippen molar-refractivity contribution in [2.45, 2.75) is 32.6 Å². The van der Waals surface area contributed by atoms with Crippen molar-refractivity contribution in [1.29, 1.82) is 0 Å². The standard InChI is InChI=1S/C31H31N3O6S/c1-5-39-31(36)25-11-9-24(10-12-25)29-17-14-27(40-29)19-32-33-30(35)20-34(26-13-8-22(3)23(4)18-26)41(37,38)28-15-6-21(2)7-16-28/h6-19H,5,20H2,1-4H3,(H,33,35)/b32-19-. The number of amides is 1. The van der Waals surface area contributed by atoms with Gasteiger partial charge in [0.25, 0.3) is 15.9 Å². The number of carbonyl (C=O) groups excluding carboxylic acids is 2. The Bertz CT molecular complexity index is 1670. The molecule has 0 aliphatic carbocycles. The van der Waals surface area contributed by atoms with E-state index in [1.807, 2.05) is 26.8 Å². The molecule has 1 amide bonds. The molecule has 0 unspecified atom stereocenters. The molecule has 1 N–H and O–H groups in total. The van der Waals surface area contributed by atoms with E-state index in [2.05, 4.69) is 10.5 Å². The number of furan rings is 1. The summed E-state index contributed by atoms with van der Waals surface area (Å²) in [6.07, 6.45) is 1.32. The first-order valence-corrected chi connectivity index (χ1v) is 14.4. The number of hydrogen-bond donors (Lipinski definition) is 1. The molecule has 0 aliphatic rings. The van der Waals surface area contributed by atoms with Crippen LogP contribution >= 0.6 is 0 Å². The molecule has 212 valence electrons. The van der Waals surface area contributed by atoms with Gasteiger partial charge in [0, 0.05) is 5.56 Å². The van der Waals surface area contributed by atoms with Crippen molar-refractivity contribution in [3.8, 4) is 11.3 Å². The Labute approximate surface area is 239 Å². The number of aryl methyl sites for hydroxylation is 3. The Morgan fingerprint density at radius 3 is 2.29 bits per heavy atom. The summed E-state index contributed by atoms with van der Waals surface area (Å²) in [6, 6.07) is 21.9. The van der Waals surface area contributed by atoms with Gasteiger partial charge in [-0.3, -0.25) is 9.10 Å². The normalized spacial score (nSPS) is 11.4. The van der Waals surface area contributed by atoms with Crippen LogP contribution in [0.1, 0.15) is 39.7 Å². The Hall–Kier alpha value is -4.70. The smallest absolute Gasteiger partial charge is 0.338 e. The molecule has 1 heterocycles. The summed E-state index contributed by atoms with van der Waals surface area (Å²) >= 11 is 0. The molecular weight excluding hydrogens is 542 g/mol. The number of nitrogens with zero attached hydrogens (tertiary/aromatic N) is 2. The molecule has 0 aliphatic heterocycles. The zero-order chi connectivity index (χ0) is 29.6. The lowest BCUT2D eigenvalue weighted by Gasteiger charge is -2.24. The van der Waals surface area contributed by atoms with Crippen molar-refractivity contribution in [3.63, 3.8) is 0 Å². The number of benzene rings is 3. The van der Waals surface area contributed by atoms with E-state index in [-0.39, 0.29) is 4.90 Å². The van der Waals surface area contributed by atoms with Crippen LogP contribution in [-0.2, 0) is 19.6 Å². The van der Waals surface area contributed by atoms with Crippen LogP contribution in [0.4, 0.5) is 5.69 Å². The van der Waals surface area contributed by atoms with E-state index >= 15 is 0 Å². The molecule has 0 saturated carbocycles. The predicted molar refractivity (Wildman–Crippen MR) is 157 cm³/mol. The molecular formula is C31H31N3O6S. The molecule has 0 atom stereocenters. The minimum Gasteiger partial charge on any atom is -0.462 e.